The highest BCUT2D eigenvalue weighted by atomic mass is 16.5. The third-order valence-electron chi connectivity index (χ3n) is 4.53. The highest BCUT2D eigenvalue weighted by Gasteiger charge is 2.24. The molecule has 158 valence electrons. The van der Waals surface area contributed by atoms with Crippen LogP contribution in [0.2, 0.25) is 0 Å². The Bertz CT molecular complexity index is 971. The lowest BCUT2D eigenvalue weighted by Crippen LogP contribution is -2.39. The zero-order valence-electron chi connectivity index (χ0n) is 17.5. The van der Waals surface area contributed by atoms with Gasteiger partial charge in [0.15, 0.2) is 6.10 Å². The van der Waals surface area contributed by atoms with Gasteiger partial charge in [-0.05, 0) is 42.8 Å². The number of rotatable bonds is 9. The third-order valence-corrected chi connectivity index (χ3v) is 4.53. The summed E-state index contributed by atoms with van der Waals surface area (Å²) in [5, 5.41) is 4.00. The number of hydrogen-bond acceptors (Lipinski definition) is 7. The second-order valence-corrected chi connectivity index (χ2v) is 6.63. The van der Waals surface area contributed by atoms with E-state index in [9.17, 15) is 4.79 Å². The van der Waals surface area contributed by atoms with Crippen molar-refractivity contribution in [2.75, 3.05) is 21.3 Å². The summed E-state index contributed by atoms with van der Waals surface area (Å²) in [6, 6.07) is 14.5. The van der Waals surface area contributed by atoms with E-state index in [-0.39, 0.29) is 12.5 Å². The predicted octanol–water partition coefficient (Wildman–Crippen LogP) is 3.57. The molecule has 0 fully saturated rings. The number of likely N-dealkylation sites (N-methyl/N-ethyl adjacent to an activating group) is 1. The van der Waals surface area contributed by atoms with Gasteiger partial charge in [0.25, 0.3) is 5.91 Å². The Labute approximate surface area is 175 Å². The van der Waals surface area contributed by atoms with Crippen LogP contribution in [-0.2, 0) is 11.3 Å². The average molecular weight is 411 g/mol. The molecule has 3 aromatic rings. The standard InChI is InChI=1S/C22H25N3O5/c1-5-19(29-17-11-9-16(27-3)10-12-17)22(26)25(2)14-20-23-21(24-30-20)15-7-6-8-18(13-15)28-4/h6-13,19H,5,14H2,1-4H3. The van der Waals surface area contributed by atoms with Crippen molar-refractivity contribution in [1.82, 2.24) is 15.0 Å². The Morgan fingerprint density at radius 1 is 1.07 bits per heavy atom. The topological polar surface area (TPSA) is 86.9 Å². The van der Waals surface area contributed by atoms with Gasteiger partial charge in [-0.25, -0.2) is 0 Å². The lowest BCUT2D eigenvalue weighted by Gasteiger charge is -2.22. The first-order valence-electron chi connectivity index (χ1n) is 9.56. The van der Waals surface area contributed by atoms with Gasteiger partial charge in [-0.1, -0.05) is 24.2 Å². The number of hydrogen-bond donors (Lipinski definition) is 0. The molecule has 1 heterocycles. The highest BCUT2D eigenvalue weighted by molar-refractivity contribution is 5.81. The van der Waals surface area contributed by atoms with Crippen LogP contribution < -0.4 is 14.2 Å². The molecular weight excluding hydrogens is 386 g/mol. The third kappa shape index (κ3) is 5.08. The summed E-state index contributed by atoms with van der Waals surface area (Å²) in [6.07, 6.45) is -0.0992. The smallest absolute Gasteiger partial charge is 0.263 e. The summed E-state index contributed by atoms with van der Waals surface area (Å²) in [6.45, 7) is 2.08. The Kier molecular flexibility index (Phi) is 6.90. The number of benzene rings is 2. The normalized spacial score (nSPS) is 11.6. The molecule has 1 amide bonds. The summed E-state index contributed by atoms with van der Waals surface area (Å²) in [5.41, 5.74) is 0.771. The van der Waals surface area contributed by atoms with Crippen molar-refractivity contribution < 1.29 is 23.5 Å². The first-order valence-corrected chi connectivity index (χ1v) is 9.56. The molecule has 1 unspecified atom stereocenters. The predicted molar refractivity (Wildman–Crippen MR) is 110 cm³/mol. The van der Waals surface area contributed by atoms with E-state index >= 15 is 0 Å². The SMILES string of the molecule is CCC(Oc1ccc(OC)cc1)C(=O)N(C)Cc1nc(-c2cccc(OC)c2)no1. The Morgan fingerprint density at radius 2 is 1.77 bits per heavy atom. The maximum atomic E-state index is 12.8. The zero-order valence-corrected chi connectivity index (χ0v) is 17.5. The average Bonchev–Trinajstić information content (AvgIpc) is 3.26. The van der Waals surface area contributed by atoms with Crippen molar-refractivity contribution >= 4 is 5.91 Å². The number of amides is 1. The quantitative estimate of drug-likeness (QED) is 0.532. The molecule has 0 saturated carbocycles. The molecule has 0 aliphatic heterocycles. The number of carbonyl (C=O) groups is 1. The van der Waals surface area contributed by atoms with Crippen LogP contribution in [0.4, 0.5) is 0 Å². The summed E-state index contributed by atoms with van der Waals surface area (Å²) < 4.78 is 21.5. The summed E-state index contributed by atoms with van der Waals surface area (Å²) >= 11 is 0. The Balaban J connectivity index is 1.64. The van der Waals surface area contributed by atoms with E-state index in [4.69, 9.17) is 18.7 Å². The summed E-state index contributed by atoms with van der Waals surface area (Å²) in [4.78, 5) is 18.7. The van der Waals surface area contributed by atoms with E-state index in [1.807, 2.05) is 31.2 Å². The van der Waals surface area contributed by atoms with Crippen LogP contribution in [-0.4, -0.2) is 48.3 Å². The van der Waals surface area contributed by atoms with Crippen LogP contribution in [0.25, 0.3) is 11.4 Å². The number of carbonyl (C=O) groups excluding carboxylic acids is 1. The molecule has 0 saturated heterocycles. The van der Waals surface area contributed by atoms with E-state index < -0.39 is 6.10 Å². The molecule has 0 aliphatic carbocycles. The molecule has 30 heavy (non-hydrogen) atoms. The number of methoxy groups -OCH3 is 2. The molecule has 0 radical (unpaired) electrons. The van der Waals surface area contributed by atoms with Gasteiger partial charge in [0.1, 0.15) is 17.2 Å². The van der Waals surface area contributed by atoms with Crippen molar-refractivity contribution in [3.8, 4) is 28.6 Å². The largest absolute Gasteiger partial charge is 0.497 e. The number of aromatic nitrogens is 2. The minimum absolute atomic E-state index is 0.172. The molecule has 0 N–H and O–H groups in total. The Morgan fingerprint density at radius 3 is 2.43 bits per heavy atom. The molecule has 8 heteroatoms. The van der Waals surface area contributed by atoms with Gasteiger partial charge in [-0.3, -0.25) is 4.79 Å². The van der Waals surface area contributed by atoms with Crippen molar-refractivity contribution in [1.29, 1.82) is 0 Å². The van der Waals surface area contributed by atoms with Gasteiger partial charge in [-0.15, -0.1) is 0 Å². The first kappa shape index (κ1) is 21.2. The Hall–Kier alpha value is -3.55. The van der Waals surface area contributed by atoms with Crippen LogP contribution in [0.5, 0.6) is 17.2 Å². The van der Waals surface area contributed by atoms with Gasteiger partial charge in [0.2, 0.25) is 11.7 Å². The lowest BCUT2D eigenvalue weighted by molar-refractivity contribution is -0.138. The maximum absolute atomic E-state index is 12.8. The van der Waals surface area contributed by atoms with Crippen LogP contribution in [0.15, 0.2) is 53.1 Å². The van der Waals surface area contributed by atoms with Crippen molar-refractivity contribution in [2.45, 2.75) is 26.0 Å². The fraction of sp³-hybridized carbons (Fsp3) is 0.318. The van der Waals surface area contributed by atoms with Crippen LogP contribution >= 0.6 is 0 Å². The van der Waals surface area contributed by atoms with Gasteiger partial charge >= 0.3 is 0 Å². The van der Waals surface area contributed by atoms with Crippen molar-refractivity contribution in [3.05, 3.63) is 54.4 Å². The van der Waals surface area contributed by atoms with Crippen molar-refractivity contribution in [2.24, 2.45) is 0 Å². The molecule has 0 aliphatic rings. The van der Waals surface area contributed by atoms with Crippen LogP contribution in [0.1, 0.15) is 19.2 Å². The second kappa shape index (κ2) is 9.78. The second-order valence-electron chi connectivity index (χ2n) is 6.63. The number of ether oxygens (including phenoxy) is 3. The van der Waals surface area contributed by atoms with Gasteiger partial charge in [0, 0.05) is 12.6 Å². The van der Waals surface area contributed by atoms with Gasteiger partial charge in [0.05, 0.1) is 20.8 Å². The van der Waals surface area contributed by atoms with E-state index in [0.29, 0.717) is 29.6 Å². The summed E-state index contributed by atoms with van der Waals surface area (Å²) in [5.74, 6) is 2.63. The fourth-order valence-electron chi connectivity index (χ4n) is 2.85. The van der Waals surface area contributed by atoms with Gasteiger partial charge in [-0.2, -0.15) is 4.98 Å². The monoisotopic (exact) mass is 411 g/mol. The fourth-order valence-corrected chi connectivity index (χ4v) is 2.85. The van der Waals surface area contributed by atoms with E-state index in [2.05, 4.69) is 10.1 Å². The molecular formula is C22H25N3O5. The highest BCUT2D eigenvalue weighted by Crippen LogP contribution is 2.22. The molecule has 0 bridgehead atoms. The summed E-state index contributed by atoms with van der Waals surface area (Å²) in [7, 11) is 4.87. The first-order chi connectivity index (χ1) is 14.5. The minimum atomic E-state index is -0.621. The number of nitrogens with zero attached hydrogens (tertiary/aromatic N) is 3. The molecule has 1 aromatic heterocycles. The maximum Gasteiger partial charge on any atom is 0.263 e. The molecule has 0 spiro atoms. The van der Waals surface area contributed by atoms with E-state index in [0.717, 1.165) is 11.3 Å². The van der Waals surface area contributed by atoms with Crippen LogP contribution in [0.3, 0.4) is 0 Å². The van der Waals surface area contributed by atoms with E-state index in [1.165, 1.54) is 4.90 Å². The van der Waals surface area contributed by atoms with Gasteiger partial charge < -0.3 is 23.6 Å². The lowest BCUT2D eigenvalue weighted by atomic mass is 10.2. The molecule has 1 atom stereocenters. The molecule has 2 aromatic carbocycles. The molecule has 3 rings (SSSR count). The van der Waals surface area contributed by atoms with Crippen LogP contribution in [0, 0.1) is 0 Å². The van der Waals surface area contributed by atoms with E-state index in [1.54, 1.807) is 45.5 Å². The zero-order chi connectivity index (χ0) is 21.5. The van der Waals surface area contributed by atoms with Crippen molar-refractivity contribution in [3.63, 3.8) is 0 Å². The molecule has 8 nitrogen and oxygen atoms in total. The minimum Gasteiger partial charge on any atom is -0.497 e.